The first-order valence-electron chi connectivity index (χ1n) is 4.99. The Morgan fingerprint density at radius 3 is 3.06 bits per heavy atom. The summed E-state index contributed by atoms with van der Waals surface area (Å²) < 4.78 is 5.69. The second kappa shape index (κ2) is 5.84. The molecule has 0 saturated heterocycles. The molecular formula is C12H8BrClN2O2. The van der Waals surface area contributed by atoms with Crippen molar-refractivity contribution in [2.75, 3.05) is 5.32 Å². The van der Waals surface area contributed by atoms with Crippen molar-refractivity contribution in [1.82, 2.24) is 4.98 Å². The molecule has 0 radical (unpaired) electrons. The van der Waals surface area contributed by atoms with E-state index < -0.39 is 0 Å². The van der Waals surface area contributed by atoms with Crippen LogP contribution in [0.2, 0.25) is 5.15 Å². The molecule has 0 fully saturated rings. The SMILES string of the molecule is O=C(/C=C/c1ccco1)Nc1cnc(Cl)c(Br)c1. The number of aromatic nitrogens is 1. The van der Waals surface area contributed by atoms with E-state index in [-0.39, 0.29) is 5.91 Å². The van der Waals surface area contributed by atoms with E-state index in [0.29, 0.717) is 21.1 Å². The fourth-order valence-electron chi connectivity index (χ4n) is 1.22. The van der Waals surface area contributed by atoms with Crippen LogP contribution in [0.15, 0.2) is 45.6 Å². The molecule has 2 heterocycles. The topological polar surface area (TPSA) is 55.1 Å². The molecule has 0 spiro atoms. The van der Waals surface area contributed by atoms with E-state index in [1.54, 1.807) is 24.3 Å². The van der Waals surface area contributed by atoms with E-state index in [2.05, 4.69) is 26.2 Å². The van der Waals surface area contributed by atoms with E-state index in [4.69, 9.17) is 16.0 Å². The van der Waals surface area contributed by atoms with Gasteiger partial charge in [-0.1, -0.05) is 11.6 Å². The summed E-state index contributed by atoms with van der Waals surface area (Å²) in [5, 5.41) is 3.00. The van der Waals surface area contributed by atoms with Crippen molar-refractivity contribution in [2.24, 2.45) is 0 Å². The van der Waals surface area contributed by atoms with Crippen LogP contribution >= 0.6 is 27.5 Å². The molecule has 0 unspecified atom stereocenters. The van der Waals surface area contributed by atoms with Gasteiger partial charge in [-0.25, -0.2) is 4.98 Å². The van der Waals surface area contributed by atoms with Gasteiger partial charge in [0.05, 0.1) is 22.6 Å². The summed E-state index contributed by atoms with van der Waals surface area (Å²) >= 11 is 8.98. The predicted octanol–water partition coefficient (Wildman–Crippen LogP) is 3.74. The molecule has 0 aromatic carbocycles. The van der Waals surface area contributed by atoms with Gasteiger partial charge in [-0.15, -0.1) is 0 Å². The average molecular weight is 328 g/mol. The number of halogens is 2. The maximum Gasteiger partial charge on any atom is 0.248 e. The van der Waals surface area contributed by atoms with Crippen LogP contribution in [0.25, 0.3) is 6.08 Å². The first kappa shape index (κ1) is 12.9. The molecule has 0 bridgehead atoms. The van der Waals surface area contributed by atoms with Gasteiger partial charge in [-0.05, 0) is 40.2 Å². The molecule has 6 heteroatoms. The normalized spacial score (nSPS) is 10.8. The zero-order chi connectivity index (χ0) is 13.0. The number of hydrogen-bond donors (Lipinski definition) is 1. The summed E-state index contributed by atoms with van der Waals surface area (Å²) in [6.45, 7) is 0. The summed E-state index contributed by atoms with van der Waals surface area (Å²) in [4.78, 5) is 15.5. The van der Waals surface area contributed by atoms with E-state index >= 15 is 0 Å². The van der Waals surface area contributed by atoms with Crippen molar-refractivity contribution in [2.45, 2.75) is 0 Å². The average Bonchev–Trinajstić information content (AvgIpc) is 2.84. The van der Waals surface area contributed by atoms with E-state index in [0.717, 1.165) is 0 Å². The van der Waals surface area contributed by atoms with E-state index in [1.165, 1.54) is 18.5 Å². The van der Waals surface area contributed by atoms with Crippen LogP contribution in [0.5, 0.6) is 0 Å². The molecule has 2 aromatic heterocycles. The lowest BCUT2D eigenvalue weighted by atomic mass is 10.3. The third-order valence-corrected chi connectivity index (χ3v) is 3.14. The van der Waals surface area contributed by atoms with Crippen LogP contribution in [-0.4, -0.2) is 10.9 Å². The zero-order valence-electron chi connectivity index (χ0n) is 9.06. The molecule has 92 valence electrons. The number of hydrogen-bond acceptors (Lipinski definition) is 3. The Balaban J connectivity index is 2.01. The molecule has 4 nitrogen and oxygen atoms in total. The molecular weight excluding hydrogens is 320 g/mol. The summed E-state index contributed by atoms with van der Waals surface area (Å²) in [7, 11) is 0. The highest BCUT2D eigenvalue weighted by Gasteiger charge is 2.02. The molecule has 2 aromatic rings. The van der Waals surface area contributed by atoms with Crippen molar-refractivity contribution in [1.29, 1.82) is 0 Å². The number of amides is 1. The number of carbonyl (C=O) groups is 1. The molecule has 0 saturated carbocycles. The lowest BCUT2D eigenvalue weighted by Gasteiger charge is -2.02. The van der Waals surface area contributed by atoms with Crippen LogP contribution in [-0.2, 0) is 4.79 Å². The summed E-state index contributed by atoms with van der Waals surface area (Å²) in [6.07, 6.45) is 5.97. The number of pyridine rings is 1. The van der Waals surface area contributed by atoms with Crippen molar-refractivity contribution >= 4 is 45.2 Å². The van der Waals surface area contributed by atoms with Gasteiger partial charge in [0.1, 0.15) is 10.9 Å². The minimum absolute atomic E-state index is 0.276. The Kier molecular flexibility index (Phi) is 4.17. The van der Waals surface area contributed by atoms with Gasteiger partial charge in [0.15, 0.2) is 0 Å². The standard InChI is InChI=1S/C12H8BrClN2O2/c13-10-6-8(7-15-12(10)14)16-11(17)4-3-9-2-1-5-18-9/h1-7H,(H,16,17)/b4-3+. The Bertz CT molecular complexity index is 582. The first-order valence-corrected chi connectivity index (χ1v) is 6.16. The molecule has 1 amide bonds. The highest BCUT2D eigenvalue weighted by atomic mass is 79.9. The van der Waals surface area contributed by atoms with Crippen LogP contribution in [0, 0.1) is 0 Å². The Labute approximate surface area is 117 Å². The van der Waals surface area contributed by atoms with Crippen molar-refractivity contribution in [3.8, 4) is 0 Å². The van der Waals surface area contributed by atoms with Gasteiger partial charge in [0.25, 0.3) is 0 Å². The third kappa shape index (κ3) is 3.45. The second-order valence-corrected chi connectivity index (χ2v) is 4.55. The molecule has 2 rings (SSSR count). The van der Waals surface area contributed by atoms with Crippen LogP contribution in [0.1, 0.15) is 5.76 Å². The van der Waals surface area contributed by atoms with Gasteiger partial charge in [0.2, 0.25) is 5.91 Å². The smallest absolute Gasteiger partial charge is 0.248 e. The maximum atomic E-state index is 11.6. The molecule has 0 aliphatic heterocycles. The largest absolute Gasteiger partial charge is 0.465 e. The number of anilines is 1. The third-order valence-electron chi connectivity index (χ3n) is 2.01. The highest BCUT2D eigenvalue weighted by molar-refractivity contribution is 9.10. The quantitative estimate of drug-likeness (QED) is 0.690. The lowest BCUT2D eigenvalue weighted by molar-refractivity contribution is -0.111. The van der Waals surface area contributed by atoms with Gasteiger partial charge >= 0.3 is 0 Å². The molecule has 0 aliphatic carbocycles. The van der Waals surface area contributed by atoms with Gasteiger partial charge in [-0.2, -0.15) is 0 Å². The summed E-state index contributed by atoms with van der Waals surface area (Å²) in [5.74, 6) is 0.336. The molecule has 1 N–H and O–H groups in total. The molecule has 0 aliphatic rings. The van der Waals surface area contributed by atoms with E-state index in [1.807, 2.05) is 0 Å². The summed E-state index contributed by atoms with van der Waals surface area (Å²) in [5.41, 5.74) is 0.556. The number of nitrogens with one attached hydrogen (secondary N) is 1. The highest BCUT2D eigenvalue weighted by Crippen LogP contribution is 2.22. The number of carbonyl (C=O) groups excluding carboxylic acids is 1. The van der Waals surface area contributed by atoms with Gasteiger partial charge in [0, 0.05) is 6.08 Å². The summed E-state index contributed by atoms with van der Waals surface area (Å²) in [6, 6.07) is 5.18. The Hall–Kier alpha value is -1.59. The first-order chi connectivity index (χ1) is 8.65. The van der Waals surface area contributed by atoms with Gasteiger partial charge < -0.3 is 9.73 Å². The molecule has 0 atom stereocenters. The van der Waals surface area contributed by atoms with Crippen LogP contribution in [0.4, 0.5) is 5.69 Å². The Morgan fingerprint density at radius 2 is 2.39 bits per heavy atom. The van der Waals surface area contributed by atoms with Gasteiger partial charge in [-0.3, -0.25) is 4.79 Å². The van der Waals surface area contributed by atoms with Crippen LogP contribution in [0.3, 0.4) is 0 Å². The fraction of sp³-hybridized carbons (Fsp3) is 0. The van der Waals surface area contributed by atoms with Crippen molar-refractivity contribution in [3.63, 3.8) is 0 Å². The predicted molar refractivity (Wildman–Crippen MR) is 73.3 cm³/mol. The minimum Gasteiger partial charge on any atom is -0.465 e. The lowest BCUT2D eigenvalue weighted by Crippen LogP contribution is -2.07. The van der Waals surface area contributed by atoms with E-state index in [9.17, 15) is 4.79 Å². The number of furan rings is 1. The van der Waals surface area contributed by atoms with Crippen LogP contribution < -0.4 is 5.32 Å². The number of nitrogens with zero attached hydrogens (tertiary/aromatic N) is 1. The molecule has 18 heavy (non-hydrogen) atoms. The fourth-order valence-corrected chi connectivity index (χ4v) is 1.67. The second-order valence-electron chi connectivity index (χ2n) is 3.33. The minimum atomic E-state index is -0.276. The van der Waals surface area contributed by atoms with Crippen molar-refractivity contribution < 1.29 is 9.21 Å². The monoisotopic (exact) mass is 326 g/mol. The zero-order valence-corrected chi connectivity index (χ0v) is 11.4. The maximum absolute atomic E-state index is 11.6. The number of rotatable bonds is 3. The Morgan fingerprint density at radius 1 is 1.56 bits per heavy atom. The van der Waals surface area contributed by atoms with Crippen molar-refractivity contribution in [3.05, 3.63) is 52.1 Å².